The lowest BCUT2D eigenvalue weighted by molar-refractivity contribution is -0.153. The van der Waals surface area contributed by atoms with Crippen LogP contribution in [0, 0.1) is 5.41 Å². The molecule has 4 aliphatic rings. The third kappa shape index (κ3) is 3.58. The fraction of sp³-hybridized carbons (Fsp3) is 0.700. The first-order chi connectivity index (χ1) is 15.3. The van der Waals surface area contributed by atoms with Gasteiger partial charge >= 0.3 is 12.2 Å². The maximum Gasteiger partial charge on any atom is 0.422 e. The average molecular weight is 451 g/mol. The first-order valence-corrected chi connectivity index (χ1v) is 11.0. The molecule has 6 rings (SSSR count). The molecule has 32 heavy (non-hydrogen) atoms. The molecule has 12 heteroatoms. The molecule has 2 saturated carbocycles. The fourth-order valence-corrected chi connectivity index (χ4v) is 5.02. The van der Waals surface area contributed by atoms with Crippen LogP contribution in [0.25, 0.3) is 0 Å². The molecule has 2 saturated heterocycles. The van der Waals surface area contributed by atoms with Crippen molar-refractivity contribution >= 4 is 6.03 Å². The van der Waals surface area contributed by atoms with Crippen molar-refractivity contribution in [2.24, 2.45) is 5.41 Å². The van der Waals surface area contributed by atoms with Gasteiger partial charge in [-0.1, -0.05) is 0 Å². The van der Waals surface area contributed by atoms with E-state index >= 15 is 0 Å². The Bertz CT molecular complexity index is 1010. The highest BCUT2D eigenvalue weighted by molar-refractivity contribution is 5.76. The van der Waals surface area contributed by atoms with Crippen LogP contribution in [0.4, 0.5) is 18.0 Å². The highest BCUT2D eigenvalue weighted by Gasteiger charge is 2.55. The summed E-state index contributed by atoms with van der Waals surface area (Å²) in [6.45, 7) is 1.18. The largest absolute Gasteiger partial charge is 0.481 e. The van der Waals surface area contributed by atoms with Gasteiger partial charge in [0.2, 0.25) is 0 Å². The Morgan fingerprint density at radius 2 is 1.88 bits per heavy atom. The van der Waals surface area contributed by atoms with Crippen LogP contribution in [-0.4, -0.2) is 79.3 Å². The maximum atomic E-state index is 12.7. The Morgan fingerprint density at radius 1 is 1.12 bits per heavy atom. The van der Waals surface area contributed by atoms with E-state index in [9.17, 15) is 18.0 Å². The number of aromatic nitrogens is 5. The lowest BCUT2D eigenvalue weighted by atomic mass is 9.61. The maximum absolute atomic E-state index is 12.7. The van der Waals surface area contributed by atoms with Crippen molar-refractivity contribution in [3.05, 3.63) is 24.5 Å². The van der Waals surface area contributed by atoms with Gasteiger partial charge in [-0.15, -0.1) is 0 Å². The summed E-state index contributed by atoms with van der Waals surface area (Å²) in [7, 11) is 0. The van der Waals surface area contributed by atoms with Crippen molar-refractivity contribution < 1.29 is 22.7 Å². The number of rotatable bonds is 5. The molecular formula is C20H24F3N7O2. The van der Waals surface area contributed by atoms with E-state index in [0.717, 1.165) is 31.8 Å². The number of hydrogen-bond donors (Lipinski definition) is 0. The number of hydrogen-bond acceptors (Lipinski definition) is 5. The van der Waals surface area contributed by atoms with Crippen LogP contribution in [0.3, 0.4) is 0 Å². The summed E-state index contributed by atoms with van der Waals surface area (Å²) < 4.78 is 45.0. The molecule has 0 unspecified atom stereocenters. The van der Waals surface area contributed by atoms with Crippen LogP contribution < -0.4 is 4.74 Å². The standard InChI is InChI=1S/C20H24F3N7O2/c21-20(22,23)11-32-16-5-25-29(8-16)15-6-27(7-15)18(31)28-9-19(10-28)3-14(4-19)30-12-24-17(26-30)13-1-2-13/h5,8,12-15H,1-4,6-7,9-11H2. The second-order valence-electron chi connectivity index (χ2n) is 9.68. The van der Waals surface area contributed by atoms with Gasteiger partial charge in [0.15, 0.2) is 18.2 Å². The molecule has 2 aliphatic carbocycles. The third-order valence-electron chi connectivity index (χ3n) is 6.99. The zero-order valence-electron chi connectivity index (χ0n) is 17.4. The Kier molecular flexibility index (Phi) is 4.25. The van der Waals surface area contributed by atoms with Gasteiger partial charge < -0.3 is 14.5 Å². The molecule has 0 bridgehead atoms. The molecule has 2 aliphatic heterocycles. The number of nitrogens with zero attached hydrogens (tertiary/aromatic N) is 7. The molecule has 9 nitrogen and oxygen atoms in total. The lowest BCUT2D eigenvalue weighted by Gasteiger charge is -2.59. The van der Waals surface area contributed by atoms with E-state index in [1.807, 2.05) is 15.9 Å². The van der Waals surface area contributed by atoms with Gasteiger partial charge in [-0.05, 0) is 25.7 Å². The van der Waals surface area contributed by atoms with Crippen molar-refractivity contribution in [3.63, 3.8) is 0 Å². The molecular weight excluding hydrogens is 427 g/mol. The van der Waals surface area contributed by atoms with Gasteiger partial charge in [0.05, 0.1) is 24.5 Å². The minimum atomic E-state index is -4.38. The van der Waals surface area contributed by atoms with E-state index in [1.165, 1.54) is 25.2 Å². The highest BCUT2D eigenvalue weighted by Crippen LogP contribution is 2.54. The van der Waals surface area contributed by atoms with Gasteiger partial charge in [-0.25, -0.2) is 14.5 Å². The Balaban J connectivity index is 0.944. The van der Waals surface area contributed by atoms with E-state index in [-0.39, 0.29) is 23.2 Å². The summed E-state index contributed by atoms with van der Waals surface area (Å²) in [5.41, 5.74) is 0.211. The first-order valence-electron chi connectivity index (χ1n) is 11.0. The normalized spacial score (nSPS) is 23.1. The number of carbonyl (C=O) groups excluding carboxylic acids is 1. The van der Waals surface area contributed by atoms with Gasteiger partial charge in [-0.3, -0.25) is 4.68 Å². The topological polar surface area (TPSA) is 81.3 Å². The smallest absolute Gasteiger partial charge is 0.422 e. The van der Waals surface area contributed by atoms with Crippen LogP contribution in [0.15, 0.2) is 18.7 Å². The van der Waals surface area contributed by atoms with E-state index in [0.29, 0.717) is 25.0 Å². The summed E-state index contributed by atoms with van der Waals surface area (Å²) in [6, 6.07) is 0.362. The predicted octanol–water partition coefficient (Wildman–Crippen LogP) is 2.61. The van der Waals surface area contributed by atoms with Crippen LogP contribution in [0.1, 0.15) is 49.5 Å². The quantitative estimate of drug-likeness (QED) is 0.698. The number of urea groups is 1. The molecule has 2 aromatic heterocycles. The summed E-state index contributed by atoms with van der Waals surface area (Å²) in [6.07, 6.45) is 4.63. The van der Waals surface area contributed by atoms with Crippen LogP contribution >= 0.6 is 0 Å². The molecule has 0 atom stereocenters. The number of alkyl halides is 3. The van der Waals surface area contributed by atoms with E-state index < -0.39 is 12.8 Å². The summed E-state index contributed by atoms with van der Waals surface area (Å²) in [5, 5.41) is 8.70. The molecule has 2 aromatic rings. The van der Waals surface area contributed by atoms with E-state index in [4.69, 9.17) is 4.74 Å². The van der Waals surface area contributed by atoms with E-state index in [1.54, 1.807) is 9.58 Å². The molecule has 4 heterocycles. The molecule has 0 radical (unpaired) electrons. The molecule has 0 N–H and O–H groups in total. The SMILES string of the molecule is O=C(N1CC(n2cc(OCC(F)(F)F)cn2)C1)N1CC2(CC(n3cnc(C4CC4)n3)C2)C1. The van der Waals surface area contributed by atoms with Gasteiger partial charge in [0.1, 0.15) is 6.33 Å². The van der Waals surface area contributed by atoms with Crippen molar-refractivity contribution in [1.29, 1.82) is 0 Å². The minimum absolute atomic E-state index is 0.0211. The second-order valence-corrected chi connectivity index (χ2v) is 9.68. The van der Waals surface area contributed by atoms with Crippen LogP contribution in [-0.2, 0) is 0 Å². The van der Waals surface area contributed by atoms with Crippen LogP contribution in [0.2, 0.25) is 0 Å². The molecule has 2 amide bonds. The number of likely N-dealkylation sites (tertiary alicyclic amines) is 2. The Morgan fingerprint density at radius 3 is 2.56 bits per heavy atom. The van der Waals surface area contributed by atoms with Crippen molar-refractivity contribution in [2.75, 3.05) is 32.8 Å². The van der Waals surface area contributed by atoms with Crippen LogP contribution in [0.5, 0.6) is 5.75 Å². The molecule has 1 spiro atoms. The summed E-state index contributed by atoms with van der Waals surface area (Å²) in [5.74, 6) is 1.61. The van der Waals surface area contributed by atoms with Gasteiger partial charge in [0, 0.05) is 37.5 Å². The Labute approximate surface area is 182 Å². The third-order valence-corrected chi connectivity index (χ3v) is 6.99. The number of ether oxygens (including phenoxy) is 1. The lowest BCUT2D eigenvalue weighted by Crippen LogP contribution is -2.67. The number of carbonyl (C=O) groups is 1. The zero-order chi connectivity index (χ0) is 22.1. The first kappa shape index (κ1) is 19.9. The molecule has 172 valence electrons. The fourth-order valence-electron chi connectivity index (χ4n) is 5.02. The summed E-state index contributed by atoms with van der Waals surface area (Å²) in [4.78, 5) is 20.8. The predicted molar refractivity (Wildman–Crippen MR) is 104 cm³/mol. The second kappa shape index (κ2) is 6.85. The van der Waals surface area contributed by atoms with Gasteiger partial charge in [0.25, 0.3) is 0 Å². The number of amides is 2. The Hall–Kier alpha value is -2.79. The van der Waals surface area contributed by atoms with Crippen molar-refractivity contribution in [3.8, 4) is 5.75 Å². The monoisotopic (exact) mass is 451 g/mol. The van der Waals surface area contributed by atoms with E-state index in [2.05, 4.69) is 15.2 Å². The van der Waals surface area contributed by atoms with Gasteiger partial charge in [-0.2, -0.15) is 23.4 Å². The zero-order valence-corrected chi connectivity index (χ0v) is 17.4. The molecule has 4 fully saturated rings. The number of halogens is 3. The van der Waals surface area contributed by atoms with Crippen molar-refractivity contribution in [1.82, 2.24) is 34.3 Å². The highest BCUT2D eigenvalue weighted by atomic mass is 19.4. The summed E-state index contributed by atoms with van der Waals surface area (Å²) >= 11 is 0. The average Bonchev–Trinajstić information content (AvgIpc) is 3.18. The molecule has 0 aromatic carbocycles. The van der Waals surface area contributed by atoms with Crippen molar-refractivity contribution in [2.45, 2.75) is 49.9 Å². The minimum Gasteiger partial charge on any atom is -0.481 e.